The second kappa shape index (κ2) is 6.24. The standard InChI is InChI=1S/C13H26N2O/c1-10(9-14)7-8-13(16)15-11(2)5-4-6-12(15)3/h10-12H,4-9,14H2,1-3H3. The largest absolute Gasteiger partial charge is 0.337 e. The van der Waals surface area contributed by atoms with Gasteiger partial charge in [0.15, 0.2) is 0 Å². The molecule has 0 radical (unpaired) electrons. The summed E-state index contributed by atoms with van der Waals surface area (Å²) in [6.07, 6.45) is 5.15. The lowest BCUT2D eigenvalue weighted by Crippen LogP contribution is -2.47. The van der Waals surface area contributed by atoms with Crippen LogP contribution in [-0.2, 0) is 4.79 Å². The second-order valence-corrected chi connectivity index (χ2v) is 5.31. The van der Waals surface area contributed by atoms with Crippen LogP contribution in [-0.4, -0.2) is 29.4 Å². The highest BCUT2D eigenvalue weighted by Gasteiger charge is 2.28. The lowest BCUT2D eigenvalue weighted by molar-refractivity contribution is -0.137. The Balaban J connectivity index is 2.44. The molecule has 1 rings (SSSR count). The van der Waals surface area contributed by atoms with E-state index >= 15 is 0 Å². The van der Waals surface area contributed by atoms with Gasteiger partial charge in [0.25, 0.3) is 0 Å². The van der Waals surface area contributed by atoms with Gasteiger partial charge in [-0.15, -0.1) is 0 Å². The molecule has 1 aliphatic heterocycles. The average Bonchev–Trinajstić information content (AvgIpc) is 2.25. The van der Waals surface area contributed by atoms with E-state index in [1.807, 2.05) is 0 Å². The lowest BCUT2D eigenvalue weighted by atomic mass is 9.96. The normalized spacial score (nSPS) is 27.9. The van der Waals surface area contributed by atoms with Crippen LogP contribution in [0.2, 0.25) is 0 Å². The summed E-state index contributed by atoms with van der Waals surface area (Å²) in [5.41, 5.74) is 5.57. The number of piperidine rings is 1. The van der Waals surface area contributed by atoms with Crippen molar-refractivity contribution in [2.45, 2.75) is 65.0 Å². The van der Waals surface area contributed by atoms with Crippen LogP contribution in [0.3, 0.4) is 0 Å². The Morgan fingerprint density at radius 3 is 2.44 bits per heavy atom. The molecule has 1 amide bonds. The van der Waals surface area contributed by atoms with E-state index < -0.39 is 0 Å². The van der Waals surface area contributed by atoms with Crippen molar-refractivity contribution >= 4 is 5.91 Å². The Morgan fingerprint density at radius 1 is 1.38 bits per heavy atom. The minimum absolute atomic E-state index is 0.319. The molecule has 0 bridgehead atoms. The number of carbonyl (C=O) groups is 1. The monoisotopic (exact) mass is 226 g/mol. The fraction of sp³-hybridized carbons (Fsp3) is 0.923. The first kappa shape index (κ1) is 13.5. The smallest absolute Gasteiger partial charge is 0.223 e. The molecule has 16 heavy (non-hydrogen) atoms. The van der Waals surface area contributed by atoms with E-state index in [-0.39, 0.29) is 0 Å². The molecule has 0 aromatic heterocycles. The van der Waals surface area contributed by atoms with Crippen molar-refractivity contribution in [1.82, 2.24) is 4.90 Å². The summed E-state index contributed by atoms with van der Waals surface area (Å²) < 4.78 is 0. The maximum Gasteiger partial charge on any atom is 0.223 e. The van der Waals surface area contributed by atoms with Crippen LogP contribution in [0.1, 0.15) is 52.9 Å². The summed E-state index contributed by atoms with van der Waals surface area (Å²) in [5.74, 6) is 0.777. The second-order valence-electron chi connectivity index (χ2n) is 5.31. The van der Waals surface area contributed by atoms with Gasteiger partial charge in [0.1, 0.15) is 0 Å². The molecule has 3 unspecified atom stereocenters. The number of hydrogen-bond donors (Lipinski definition) is 1. The Morgan fingerprint density at radius 2 is 1.94 bits per heavy atom. The van der Waals surface area contributed by atoms with E-state index in [0.717, 1.165) is 19.3 Å². The topological polar surface area (TPSA) is 46.3 Å². The van der Waals surface area contributed by atoms with E-state index in [1.165, 1.54) is 6.42 Å². The Bertz CT molecular complexity index is 220. The van der Waals surface area contributed by atoms with Gasteiger partial charge in [-0.1, -0.05) is 6.92 Å². The van der Waals surface area contributed by atoms with Gasteiger partial charge >= 0.3 is 0 Å². The van der Waals surface area contributed by atoms with E-state index in [1.54, 1.807) is 0 Å². The fourth-order valence-electron chi connectivity index (χ4n) is 2.53. The van der Waals surface area contributed by atoms with Crippen LogP contribution in [0, 0.1) is 5.92 Å². The van der Waals surface area contributed by atoms with E-state index in [9.17, 15) is 4.79 Å². The van der Waals surface area contributed by atoms with Crippen LogP contribution in [0.4, 0.5) is 0 Å². The number of carbonyl (C=O) groups excluding carboxylic acids is 1. The summed E-state index contributed by atoms with van der Waals surface area (Å²) >= 11 is 0. The maximum absolute atomic E-state index is 12.1. The predicted octanol–water partition coefficient (Wildman–Crippen LogP) is 2.15. The molecule has 0 aliphatic carbocycles. The molecular formula is C13H26N2O. The quantitative estimate of drug-likeness (QED) is 0.798. The van der Waals surface area contributed by atoms with Gasteiger partial charge in [-0.2, -0.15) is 0 Å². The summed E-state index contributed by atoms with van der Waals surface area (Å²) in [4.78, 5) is 14.2. The summed E-state index contributed by atoms with van der Waals surface area (Å²) in [5, 5.41) is 0. The molecule has 3 nitrogen and oxygen atoms in total. The maximum atomic E-state index is 12.1. The van der Waals surface area contributed by atoms with Gasteiger partial charge in [0.05, 0.1) is 0 Å². The highest BCUT2D eigenvalue weighted by atomic mass is 16.2. The van der Waals surface area contributed by atoms with E-state index in [2.05, 4.69) is 25.7 Å². The van der Waals surface area contributed by atoms with Gasteiger partial charge < -0.3 is 10.6 Å². The third-order valence-corrected chi connectivity index (χ3v) is 3.73. The van der Waals surface area contributed by atoms with Crippen molar-refractivity contribution in [2.24, 2.45) is 11.7 Å². The fourth-order valence-corrected chi connectivity index (χ4v) is 2.53. The molecule has 0 spiro atoms. The SMILES string of the molecule is CC(CN)CCC(=O)N1C(C)CCCC1C. The molecule has 3 heteroatoms. The van der Waals surface area contributed by atoms with Crippen molar-refractivity contribution in [2.75, 3.05) is 6.54 Å². The molecule has 1 saturated heterocycles. The highest BCUT2D eigenvalue weighted by molar-refractivity contribution is 5.76. The molecule has 0 aromatic rings. The Kier molecular flexibility index (Phi) is 5.26. The minimum atomic E-state index is 0.319. The molecule has 1 heterocycles. The highest BCUT2D eigenvalue weighted by Crippen LogP contribution is 2.23. The van der Waals surface area contributed by atoms with Gasteiger partial charge in [-0.25, -0.2) is 0 Å². The molecule has 0 saturated carbocycles. The van der Waals surface area contributed by atoms with Crippen LogP contribution >= 0.6 is 0 Å². The zero-order chi connectivity index (χ0) is 12.1. The van der Waals surface area contributed by atoms with Crippen LogP contribution in [0.15, 0.2) is 0 Å². The number of amides is 1. The molecule has 0 aromatic carbocycles. The Hall–Kier alpha value is -0.570. The zero-order valence-corrected chi connectivity index (χ0v) is 10.9. The van der Waals surface area contributed by atoms with Crippen molar-refractivity contribution in [3.05, 3.63) is 0 Å². The number of nitrogens with zero attached hydrogens (tertiary/aromatic N) is 1. The van der Waals surface area contributed by atoms with Crippen molar-refractivity contribution < 1.29 is 4.79 Å². The van der Waals surface area contributed by atoms with E-state index in [0.29, 0.717) is 36.9 Å². The molecule has 3 atom stereocenters. The molecule has 94 valence electrons. The van der Waals surface area contributed by atoms with Gasteiger partial charge in [-0.05, 0) is 52.0 Å². The number of hydrogen-bond acceptors (Lipinski definition) is 2. The molecule has 1 fully saturated rings. The van der Waals surface area contributed by atoms with Crippen LogP contribution < -0.4 is 5.73 Å². The van der Waals surface area contributed by atoms with Crippen molar-refractivity contribution in [3.63, 3.8) is 0 Å². The first-order chi connectivity index (χ1) is 7.56. The van der Waals surface area contributed by atoms with Gasteiger partial charge in [0.2, 0.25) is 5.91 Å². The third-order valence-electron chi connectivity index (χ3n) is 3.73. The average molecular weight is 226 g/mol. The molecule has 2 N–H and O–H groups in total. The first-order valence-corrected chi connectivity index (χ1v) is 6.57. The van der Waals surface area contributed by atoms with Crippen molar-refractivity contribution in [3.8, 4) is 0 Å². The van der Waals surface area contributed by atoms with Crippen LogP contribution in [0.25, 0.3) is 0 Å². The van der Waals surface area contributed by atoms with Crippen molar-refractivity contribution in [1.29, 1.82) is 0 Å². The lowest BCUT2D eigenvalue weighted by Gasteiger charge is -2.39. The first-order valence-electron chi connectivity index (χ1n) is 6.57. The predicted molar refractivity (Wildman–Crippen MR) is 67.1 cm³/mol. The summed E-state index contributed by atoms with van der Waals surface area (Å²) in [6, 6.07) is 0.842. The number of likely N-dealkylation sites (tertiary alicyclic amines) is 1. The molecular weight excluding hydrogens is 200 g/mol. The number of nitrogens with two attached hydrogens (primary N) is 1. The number of rotatable bonds is 4. The molecule has 1 aliphatic rings. The van der Waals surface area contributed by atoms with Gasteiger partial charge in [0, 0.05) is 18.5 Å². The summed E-state index contributed by atoms with van der Waals surface area (Å²) in [6.45, 7) is 7.12. The third kappa shape index (κ3) is 3.48. The Labute approximate surface area is 99.4 Å². The minimum Gasteiger partial charge on any atom is -0.337 e. The van der Waals surface area contributed by atoms with Crippen LogP contribution in [0.5, 0.6) is 0 Å². The summed E-state index contributed by atoms with van der Waals surface area (Å²) in [7, 11) is 0. The van der Waals surface area contributed by atoms with Gasteiger partial charge in [-0.3, -0.25) is 4.79 Å². The zero-order valence-electron chi connectivity index (χ0n) is 10.9. The van der Waals surface area contributed by atoms with E-state index in [4.69, 9.17) is 5.73 Å².